The van der Waals surface area contributed by atoms with Gasteiger partial charge in [-0.25, -0.2) is 4.98 Å². The standard InChI is InChI=1S/C16H19N3O2/c1-10-7-19(8-11(2)18-10)16-13-6-15-14(20-9-21-15)5-12(13)3-4-17-16/h3-6,10-11,18H,7-9H2,1-2H3. The van der Waals surface area contributed by atoms with Crippen molar-refractivity contribution in [1.82, 2.24) is 10.3 Å². The summed E-state index contributed by atoms with van der Waals surface area (Å²) >= 11 is 0. The number of aromatic nitrogens is 1. The fourth-order valence-electron chi connectivity index (χ4n) is 3.30. The van der Waals surface area contributed by atoms with E-state index in [0.717, 1.165) is 41.2 Å². The summed E-state index contributed by atoms with van der Waals surface area (Å²) in [5, 5.41) is 5.82. The molecule has 2 aromatic rings. The van der Waals surface area contributed by atoms with Crippen molar-refractivity contribution in [3.63, 3.8) is 0 Å². The van der Waals surface area contributed by atoms with Crippen LogP contribution in [0.25, 0.3) is 10.8 Å². The lowest BCUT2D eigenvalue weighted by molar-refractivity contribution is 0.174. The highest BCUT2D eigenvalue weighted by Crippen LogP contribution is 2.38. The topological polar surface area (TPSA) is 46.6 Å². The molecule has 1 N–H and O–H groups in total. The van der Waals surface area contributed by atoms with Gasteiger partial charge in [-0.3, -0.25) is 0 Å². The van der Waals surface area contributed by atoms with Gasteiger partial charge in [0, 0.05) is 36.8 Å². The van der Waals surface area contributed by atoms with Crippen LogP contribution in [0.5, 0.6) is 11.5 Å². The fourth-order valence-corrected chi connectivity index (χ4v) is 3.30. The first-order chi connectivity index (χ1) is 10.2. The molecule has 0 aliphatic carbocycles. The number of pyridine rings is 1. The molecule has 5 nitrogen and oxygen atoms in total. The van der Waals surface area contributed by atoms with E-state index in [-0.39, 0.29) is 0 Å². The summed E-state index contributed by atoms with van der Waals surface area (Å²) in [6, 6.07) is 7.03. The average Bonchev–Trinajstić information content (AvgIpc) is 2.90. The Kier molecular flexibility index (Phi) is 2.89. The lowest BCUT2D eigenvalue weighted by Gasteiger charge is -2.37. The van der Waals surface area contributed by atoms with Gasteiger partial charge in [0.1, 0.15) is 5.82 Å². The molecule has 21 heavy (non-hydrogen) atoms. The number of benzene rings is 1. The lowest BCUT2D eigenvalue weighted by Crippen LogP contribution is -2.54. The van der Waals surface area contributed by atoms with Crippen molar-refractivity contribution in [2.75, 3.05) is 24.8 Å². The zero-order valence-corrected chi connectivity index (χ0v) is 12.3. The Morgan fingerprint density at radius 3 is 2.62 bits per heavy atom. The summed E-state index contributed by atoms with van der Waals surface area (Å²) in [5.41, 5.74) is 0. The van der Waals surface area contributed by atoms with E-state index in [1.807, 2.05) is 18.3 Å². The summed E-state index contributed by atoms with van der Waals surface area (Å²) < 4.78 is 11.0. The first kappa shape index (κ1) is 12.7. The second kappa shape index (κ2) is 4.77. The van der Waals surface area contributed by atoms with Crippen LogP contribution in [0.2, 0.25) is 0 Å². The van der Waals surface area contributed by atoms with Gasteiger partial charge in [-0.05, 0) is 37.4 Å². The monoisotopic (exact) mass is 285 g/mol. The summed E-state index contributed by atoms with van der Waals surface area (Å²) in [6.07, 6.45) is 1.87. The number of hydrogen-bond acceptors (Lipinski definition) is 5. The molecule has 0 bridgehead atoms. The van der Waals surface area contributed by atoms with Crippen LogP contribution < -0.4 is 19.7 Å². The molecule has 2 aliphatic rings. The highest BCUT2D eigenvalue weighted by Gasteiger charge is 2.24. The van der Waals surface area contributed by atoms with E-state index in [1.165, 1.54) is 0 Å². The molecule has 5 heteroatoms. The normalized spacial score (nSPS) is 24.6. The molecule has 2 atom stereocenters. The van der Waals surface area contributed by atoms with Gasteiger partial charge >= 0.3 is 0 Å². The lowest BCUT2D eigenvalue weighted by atomic mass is 10.1. The third-order valence-corrected chi connectivity index (χ3v) is 4.09. The molecule has 110 valence electrons. The van der Waals surface area contributed by atoms with Crippen LogP contribution in [0.3, 0.4) is 0 Å². The fraction of sp³-hybridized carbons (Fsp3) is 0.438. The first-order valence-electron chi connectivity index (χ1n) is 7.40. The van der Waals surface area contributed by atoms with Gasteiger partial charge in [0.05, 0.1) is 0 Å². The van der Waals surface area contributed by atoms with E-state index in [0.29, 0.717) is 18.9 Å². The predicted molar refractivity (Wildman–Crippen MR) is 82.1 cm³/mol. The molecule has 0 saturated carbocycles. The molecule has 1 fully saturated rings. The van der Waals surface area contributed by atoms with Gasteiger partial charge < -0.3 is 19.7 Å². The van der Waals surface area contributed by atoms with E-state index in [1.54, 1.807) is 0 Å². The molecule has 4 rings (SSSR count). The van der Waals surface area contributed by atoms with Crippen LogP contribution in [0.4, 0.5) is 5.82 Å². The zero-order chi connectivity index (χ0) is 14.4. The maximum Gasteiger partial charge on any atom is 0.231 e. The molecular formula is C16H19N3O2. The SMILES string of the molecule is CC1CN(c2nccc3cc4c(cc23)OCO4)CC(C)N1. The maximum atomic E-state index is 5.51. The summed E-state index contributed by atoms with van der Waals surface area (Å²) in [4.78, 5) is 6.98. The third kappa shape index (κ3) is 2.17. The molecule has 1 saturated heterocycles. The number of anilines is 1. The first-order valence-corrected chi connectivity index (χ1v) is 7.40. The van der Waals surface area contributed by atoms with Crippen LogP contribution in [-0.4, -0.2) is 37.0 Å². The molecule has 0 radical (unpaired) electrons. The number of piperazine rings is 1. The van der Waals surface area contributed by atoms with Crippen LogP contribution in [0.1, 0.15) is 13.8 Å². The van der Waals surface area contributed by atoms with E-state index in [9.17, 15) is 0 Å². The van der Waals surface area contributed by atoms with Crippen LogP contribution in [0.15, 0.2) is 24.4 Å². The van der Waals surface area contributed by atoms with Gasteiger partial charge in [-0.2, -0.15) is 0 Å². The van der Waals surface area contributed by atoms with E-state index >= 15 is 0 Å². The Morgan fingerprint density at radius 1 is 1.14 bits per heavy atom. The van der Waals surface area contributed by atoms with Crippen LogP contribution >= 0.6 is 0 Å². The Morgan fingerprint density at radius 2 is 1.86 bits per heavy atom. The molecule has 1 aromatic heterocycles. The minimum atomic E-state index is 0.302. The predicted octanol–water partition coefficient (Wildman–Crippen LogP) is 2.15. The van der Waals surface area contributed by atoms with Gasteiger partial charge in [0.15, 0.2) is 11.5 Å². The zero-order valence-electron chi connectivity index (χ0n) is 12.3. The Balaban J connectivity index is 1.81. The number of nitrogens with one attached hydrogen (secondary N) is 1. The van der Waals surface area contributed by atoms with Gasteiger partial charge in [-0.15, -0.1) is 0 Å². The van der Waals surface area contributed by atoms with E-state index in [2.05, 4.69) is 35.1 Å². The van der Waals surface area contributed by atoms with Crippen molar-refractivity contribution >= 4 is 16.6 Å². The average molecular weight is 285 g/mol. The number of rotatable bonds is 1. The minimum Gasteiger partial charge on any atom is -0.454 e. The van der Waals surface area contributed by atoms with Gasteiger partial charge in [-0.1, -0.05) is 0 Å². The number of ether oxygens (including phenoxy) is 2. The largest absolute Gasteiger partial charge is 0.454 e. The molecule has 2 aliphatic heterocycles. The maximum absolute atomic E-state index is 5.51. The van der Waals surface area contributed by atoms with Gasteiger partial charge in [0.25, 0.3) is 0 Å². The van der Waals surface area contributed by atoms with Crippen molar-refractivity contribution in [2.24, 2.45) is 0 Å². The highest BCUT2D eigenvalue weighted by molar-refractivity contribution is 5.94. The van der Waals surface area contributed by atoms with E-state index < -0.39 is 0 Å². The van der Waals surface area contributed by atoms with E-state index in [4.69, 9.17) is 9.47 Å². The second-order valence-electron chi connectivity index (χ2n) is 5.93. The molecule has 3 heterocycles. The Hall–Kier alpha value is -2.01. The summed E-state index contributed by atoms with van der Waals surface area (Å²) in [5.74, 6) is 2.67. The minimum absolute atomic E-state index is 0.302. The van der Waals surface area contributed by atoms with Gasteiger partial charge in [0.2, 0.25) is 6.79 Å². The molecular weight excluding hydrogens is 266 g/mol. The molecule has 0 spiro atoms. The van der Waals surface area contributed by atoms with Crippen LogP contribution in [0, 0.1) is 0 Å². The quantitative estimate of drug-likeness (QED) is 0.870. The number of nitrogens with zero attached hydrogens (tertiary/aromatic N) is 2. The summed E-state index contributed by atoms with van der Waals surface area (Å²) in [7, 11) is 0. The molecule has 2 unspecified atom stereocenters. The third-order valence-electron chi connectivity index (χ3n) is 4.09. The smallest absolute Gasteiger partial charge is 0.231 e. The second-order valence-corrected chi connectivity index (χ2v) is 5.93. The Labute approximate surface area is 123 Å². The summed E-state index contributed by atoms with van der Waals surface area (Å²) in [6.45, 7) is 6.65. The van der Waals surface area contributed by atoms with Crippen molar-refractivity contribution in [1.29, 1.82) is 0 Å². The number of hydrogen-bond donors (Lipinski definition) is 1. The highest BCUT2D eigenvalue weighted by atomic mass is 16.7. The molecule has 0 amide bonds. The van der Waals surface area contributed by atoms with Crippen molar-refractivity contribution in [3.05, 3.63) is 24.4 Å². The number of fused-ring (bicyclic) bond motifs is 2. The Bertz CT molecular complexity index is 679. The van der Waals surface area contributed by atoms with Crippen molar-refractivity contribution in [3.8, 4) is 11.5 Å². The van der Waals surface area contributed by atoms with Crippen molar-refractivity contribution in [2.45, 2.75) is 25.9 Å². The van der Waals surface area contributed by atoms with Crippen LogP contribution in [-0.2, 0) is 0 Å². The molecule has 1 aromatic carbocycles. The van der Waals surface area contributed by atoms with Crippen molar-refractivity contribution < 1.29 is 9.47 Å².